The summed E-state index contributed by atoms with van der Waals surface area (Å²) in [5, 5.41) is 7.31. The zero-order valence-electron chi connectivity index (χ0n) is 36.7. The second-order valence-corrected chi connectivity index (χ2v) is 24.5. The summed E-state index contributed by atoms with van der Waals surface area (Å²) in [6.07, 6.45) is -2.75. The third-order valence-corrected chi connectivity index (χ3v) is 16.8. The number of nitrogens with zero attached hydrogens (tertiary/aromatic N) is 4. The van der Waals surface area contributed by atoms with Gasteiger partial charge in [0, 0.05) is 23.5 Å². The molecule has 2 aromatic heterocycles. The van der Waals surface area contributed by atoms with E-state index in [4.69, 9.17) is 14.5 Å². The second kappa shape index (κ2) is 15.7. The third-order valence-electron chi connectivity index (χ3n) is 14.2. The zero-order valence-corrected chi connectivity index (χ0v) is 37.7. The Hall–Kier alpha value is -5.91. The Balaban J connectivity index is 0.910. The van der Waals surface area contributed by atoms with Gasteiger partial charge in [0.2, 0.25) is 11.8 Å². The summed E-state index contributed by atoms with van der Waals surface area (Å²) in [6, 6.07) is 16.7. The van der Waals surface area contributed by atoms with E-state index >= 15 is 0 Å². The molecule has 2 aliphatic heterocycles. The smallest absolute Gasteiger partial charge is 0.407 e. The van der Waals surface area contributed by atoms with Crippen molar-refractivity contribution >= 4 is 53.9 Å². The SMILES string of the molecule is COC(=O)N[C@H](C(=O)N1C[Si](C)(C)C[C@H]1c1nc2c(ccc3cc(-c4ccc(-c5cnc([C@@H]6CCCN6C(=O)[C@@H](NC(=O)OC)C67CC(C(F)(F)F)(C6)C7)[nH]5)cc4)ccc32)[nH]1)C(C)C. The van der Waals surface area contributed by atoms with Crippen LogP contribution in [0.4, 0.5) is 22.8 Å². The van der Waals surface area contributed by atoms with Gasteiger partial charge < -0.3 is 39.9 Å². The number of aromatic amines is 2. The quantitative estimate of drug-likeness (QED) is 0.101. The van der Waals surface area contributed by atoms with E-state index in [9.17, 15) is 32.3 Å². The first-order valence-corrected chi connectivity index (χ1v) is 25.2. The van der Waals surface area contributed by atoms with Gasteiger partial charge in [-0.15, -0.1) is 0 Å². The Morgan fingerprint density at radius 3 is 2.19 bits per heavy atom. The lowest BCUT2D eigenvalue weighted by molar-refractivity contribution is -0.367. The van der Waals surface area contributed by atoms with Crippen molar-refractivity contribution in [3.8, 4) is 22.4 Å². The number of methoxy groups -OCH3 is 2. The molecule has 4 heterocycles. The number of nitrogens with one attached hydrogen (secondary N) is 4. The fraction of sp³-hybridized carbons (Fsp3) is 0.478. The molecule has 3 saturated carbocycles. The standard InChI is InChI=1S/C46H53F3N8O6Si/c1-25(2)35(54-42(60)62-3)40(58)57-24-64(5,6)20-34(57)39-51-31-16-14-29-18-28(13-15-30(29)36(31)53-39)26-9-11-27(12-10-26)32-19-50-38(52-32)33-8-7-17-56(33)41(59)37(55-43(61)63-4)44-21-45(22-44,23-44)46(47,48)49/h9-16,18-19,25,33-35,37H,7-8,17,20-24H2,1-6H3,(H,50,52)(H,51,53)(H,54,60)(H,55,61)/t33-,34-,35-,37+,44?,45?/m0/s1. The molecule has 5 aliphatic rings. The molecule has 4 amide bonds. The van der Waals surface area contributed by atoms with Crippen LogP contribution in [-0.2, 0) is 19.1 Å². The molecular formula is C46H53F3N8O6Si. The summed E-state index contributed by atoms with van der Waals surface area (Å²) in [7, 11) is 0.646. The van der Waals surface area contributed by atoms with E-state index in [1.54, 1.807) is 11.1 Å². The van der Waals surface area contributed by atoms with Crippen LogP contribution in [0.15, 0.2) is 60.8 Å². The minimum absolute atomic E-state index is 0.139. The van der Waals surface area contributed by atoms with Gasteiger partial charge in [-0.05, 0) is 78.3 Å². The Bertz CT molecular complexity index is 2640. The number of rotatable bonds is 10. The lowest BCUT2D eigenvalue weighted by Gasteiger charge is -2.72. The number of benzene rings is 3. The van der Waals surface area contributed by atoms with Crippen molar-refractivity contribution in [1.82, 2.24) is 40.4 Å². The van der Waals surface area contributed by atoms with Gasteiger partial charge >= 0.3 is 18.4 Å². The molecule has 64 heavy (non-hydrogen) atoms. The van der Waals surface area contributed by atoms with Gasteiger partial charge in [0.05, 0.1) is 62.7 Å². The maximum atomic E-state index is 14.1. The van der Waals surface area contributed by atoms with Crippen molar-refractivity contribution < 1.29 is 41.8 Å². The number of H-pyrrole nitrogens is 2. The molecule has 18 heteroatoms. The number of hydrogen-bond donors (Lipinski definition) is 4. The molecule has 0 spiro atoms. The van der Waals surface area contributed by atoms with Gasteiger partial charge in [-0.1, -0.05) is 69.4 Å². The van der Waals surface area contributed by atoms with E-state index in [1.807, 2.05) is 49.1 Å². The van der Waals surface area contributed by atoms with Gasteiger partial charge in [-0.2, -0.15) is 13.2 Å². The molecule has 0 radical (unpaired) electrons. The van der Waals surface area contributed by atoms with Gasteiger partial charge in [0.1, 0.15) is 23.7 Å². The van der Waals surface area contributed by atoms with E-state index in [0.717, 1.165) is 56.1 Å². The number of ether oxygens (including phenoxy) is 2. The number of likely N-dealkylation sites (tertiary alicyclic amines) is 1. The Labute approximate surface area is 369 Å². The summed E-state index contributed by atoms with van der Waals surface area (Å²) < 4.78 is 50.8. The molecule has 2 bridgehead atoms. The molecule has 10 rings (SSSR count). The third kappa shape index (κ3) is 7.36. The molecule has 3 aromatic carbocycles. The lowest BCUT2D eigenvalue weighted by atomic mass is 9.32. The van der Waals surface area contributed by atoms with Crippen LogP contribution in [0.2, 0.25) is 19.1 Å². The summed E-state index contributed by atoms with van der Waals surface area (Å²) in [4.78, 5) is 72.8. The normalized spacial score (nSPS) is 24.6. The second-order valence-electron chi connectivity index (χ2n) is 19.4. The molecule has 0 unspecified atom stereocenters. The molecule has 4 N–H and O–H groups in total. The Morgan fingerprint density at radius 1 is 0.844 bits per heavy atom. The maximum Gasteiger partial charge on any atom is 0.407 e. The zero-order chi connectivity index (χ0) is 45.5. The lowest BCUT2D eigenvalue weighted by Crippen LogP contribution is -2.76. The van der Waals surface area contributed by atoms with Crippen molar-refractivity contribution in [3.63, 3.8) is 0 Å². The fourth-order valence-corrected chi connectivity index (χ4v) is 13.8. The van der Waals surface area contributed by atoms with E-state index in [-0.39, 0.29) is 37.1 Å². The number of carbonyl (C=O) groups is 4. The van der Waals surface area contributed by atoms with E-state index < -0.39 is 61.3 Å². The van der Waals surface area contributed by atoms with E-state index in [2.05, 4.69) is 62.9 Å². The molecule has 14 nitrogen and oxygen atoms in total. The van der Waals surface area contributed by atoms with Crippen LogP contribution >= 0.6 is 0 Å². The van der Waals surface area contributed by atoms with Gasteiger partial charge in [-0.3, -0.25) is 9.59 Å². The van der Waals surface area contributed by atoms with Crippen molar-refractivity contribution in [2.75, 3.05) is 26.9 Å². The number of alkyl halides is 3. The number of imidazole rings is 2. The Morgan fingerprint density at radius 2 is 1.52 bits per heavy atom. The van der Waals surface area contributed by atoms with Crippen molar-refractivity contribution in [2.45, 2.75) is 95.4 Å². The van der Waals surface area contributed by atoms with Crippen LogP contribution in [-0.4, -0.2) is 107 Å². The average Bonchev–Trinajstić information content (AvgIpc) is 4.05. The molecule has 3 aliphatic carbocycles. The van der Waals surface area contributed by atoms with Crippen LogP contribution in [0.5, 0.6) is 0 Å². The summed E-state index contributed by atoms with van der Waals surface area (Å²) in [5.41, 5.74) is 2.61. The fourth-order valence-electron chi connectivity index (χ4n) is 10.9. The van der Waals surface area contributed by atoms with Crippen LogP contribution in [0.25, 0.3) is 44.2 Å². The maximum absolute atomic E-state index is 14.1. The average molecular weight is 899 g/mol. The number of alkyl carbamates (subject to hydrolysis) is 2. The highest BCUT2D eigenvalue weighted by atomic mass is 28.3. The van der Waals surface area contributed by atoms with Crippen molar-refractivity contribution in [1.29, 1.82) is 0 Å². The molecule has 5 fully saturated rings. The molecular weight excluding hydrogens is 846 g/mol. The minimum Gasteiger partial charge on any atom is -0.453 e. The molecule has 5 aromatic rings. The molecule has 338 valence electrons. The highest BCUT2D eigenvalue weighted by molar-refractivity contribution is 6.78. The van der Waals surface area contributed by atoms with Crippen LogP contribution in [0.1, 0.15) is 69.7 Å². The monoisotopic (exact) mass is 898 g/mol. The number of carbonyl (C=O) groups excluding carboxylic acids is 4. The van der Waals surface area contributed by atoms with Crippen molar-refractivity contribution in [3.05, 3.63) is 72.4 Å². The predicted molar refractivity (Wildman–Crippen MR) is 235 cm³/mol. The topological polar surface area (TPSA) is 175 Å². The van der Waals surface area contributed by atoms with Crippen molar-refractivity contribution in [2.24, 2.45) is 16.7 Å². The number of amides is 4. The van der Waals surface area contributed by atoms with Gasteiger partial charge in [0.25, 0.3) is 0 Å². The van der Waals surface area contributed by atoms with E-state index in [0.29, 0.717) is 31.4 Å². The first-order valence-electron chi connectivity index (χ1n) is 21.8. The first kappa shape index (κ1) is 43.3. The Kier molecular flexibility index (Phi) is 10.6. The summed E-state index contributed by atoms with van der Waals surface area (Å²) >= 11 is 0. The highest BCUT2D eigenvalue weighted by Crippen LogP contribution is 2.79. The van der Waals surface area contributed by atoms with Crippen LogP contribution < -0.4 is 10.6 Å². The first-order chi connectivity index (χ1) is 30.3. The number of halogens is 3. The number of hydrogen-bond acceptors (Lipinski definition) is 8. The number of aromatic nitrogens is 4. The highest BCUT2D eigenvalue weighted by Gasteiger charge is 2.81. The minimum atomic E-state index is -4.35. The predicted octanol–water partition coefficient (Wildman–Crippen LogP) is 8.41. The van der Waals surface area contributed by atoms with Crippen LogP contribution in [0, 0.1) is 16.7 Å². The largest absolute Gasteiger partial charge is 0.453 e. The summed E-state index contributed by atoms with van der Waals surface area (Å²) in [5.74, 6) is 0.607. The molecule has 4 atom stereocenters. The number of fused-ring (bicyclic) bond motifs is 3. The molecule has 2 saturated heterocycles. The van der Waals surface area contributed by atoms with Gasteiger partial charge in [0.15, 0.2) is 0 Å². The van der Waals surface area contributed by atoms with E-state index in [1.165, 1.54) is 14.2 Å². The summed E-state index contributed by atoms with van der Waals surface area (Å²) in [6.45, 7) is 8.74. The van der Waals surface area contributed by atoms with Crippen LogP contribution in [0.3, 0.4) is 0 Å². The van der Waals surface area contributed by atoms with Gasteiger partial charge in [-0.25, -0.2) is 19.6 Å².